The molecule has 1 rings (SSSR count). The van der Waals surface area contributed by atoms with E-state index in [-0.39, 0.29) is 12.1 Å². The number of nitrogens with one attached hydrogen (secondary N) is 1. The summed E-state index contributed by atoms with van der Waals surface area (Å²) in [5.41, 5.74) is 0.681. The van der Waals surface area contributed by atoms with Crippen molar-refractivity contribution in [1.82, 2.24) is 4.90 Å². The SMILES string of the molecule is CSc1c(Cl)cccc1NC(=O)N(C)[C@@H](C)CC#N. The van der Waals surface area contributed by atoms with Crippen molar-refractivity contribution in [1.29, 1.82) is 5.26 Å². The molecule has 0 aliphatic carbocycles. The number of anilines is 1. The van der Waals surface area contributed by atoms with Crippen molar-refractivity contribution < 1.29 is 4.79 Å². The molecule has 19 heavy (non-hydrogen) atoms. The van der Waals surface area contributed by atoms with E-state index < -0.39 is 0 Å². The molecular formula is C13H16ClN3OS. The first-order chi connectivity index (χ1) is 9.01. The molecule has 1 aromatic carbocycles. The Kier molecular flexibility index (Phi) is 6.00. The van der Waals surface area contributed by atoms with Gasteiger partial charge in [-0.05, 0) is 25.3 Å². The van der Waals surface area contributed by atoms with E-state index in [0.717, 1.165) is 4.90 Å². The van der Waals surface area contributed by atoms with Crippen LogP contribution in [0.15, 0.2) is 23.1 Å². The lowest BCUT2D eigenvalue weighted by Gasteiger charge is -2.24. The predicted molar refractivity (Wildman–Crippen MR) is 79.7 cm³/mol. The molecule has 0 aromatic heterocycles. The molecule has 102 valence electrons. The summed E-state index contributed by atoms with van der Waals surface area (Å²) in [5, 5.41) is 12.1. The van der Waals surface area contributed by atoms with Crippen molar-refractivity contribution in [3.05, 3.63) is 23.2 Å². The number of nitrogens with zero attached hydrogens (tertiary/aromatic N) is 2. The Labute approximate surface area is 122 Å². The van der Waals surface area contributed by atoms with Gasteiger partial charge in [-0.3, -0.25) is 0 Å². The van der Waals surface area contributed by atoms with Gasteiger partial charge in [0.2, 0.25) is 0 Å². The summed E-state index contributed by atoms with van der Waals surface area (Å²) >= 11 is 7.55. The average Bonchev–Trinajstić information content (AvgIpc) is 2.38. The lowest BCUT2D eigenvalue weighted by Crippen LogP contribution is -2.38. The van der Waals surface area contributed by atoms with Crippen LogP contribution in [0.25, 0.3) is 0 Å². The van der Waals surface area contributed by atoms with Gasteiger partial charge >= 0.3 is 6.03 Å². The summed E-state index contributed by atoms with van der Waals surface area (Å²) < 4.78 is 0. The van der Waals surface area contributed by atoms with Crippen LogP contribution in [0.4, 0.5) is 10.5 Å². The minimum absolute atomic E-state index is 0.137. The number of hydrogen-bond donors (Lipinski definition) is 1. The Morgan fingerprint density at radius 2 is 2.32 bits per heavy atom. The molecule has 0 unspecified atom stereocenters. The number of amides is 2. The predicted octanol–water partition coefficient (Wildman–Crippen LogP) is 3.83. The maximum absolute atomic E-state index is 12.1. The molecule has 0 spiro atoms. The van der Waals surface area contributed by atoms with Crippen LogP contribution < -0.4 is 5.32 Å². The van der Waals surface area contributed by atoms with E-state index in [2.05, 4.69) is 11.4 Å². The number of benzene rings is 1. The molecule has 0 saturated heterocycles. The molecule has 1 aromatic rings. The van der Waals surface area contributed by atoms with Crippen molar-refractivity contribution in [3.63, 3.8) is 0 Å². The number of halogens is 1. The van der Waals surface area contributed by atoms with E-state index in [9.17, 15) is 4.79 Å². The zero-order chi connectivity index (χ0) is 14.4. The van der Waals surface area contributed by atoms with Gasteiger partial charge in [0, 0.05) is 18.0 Å². The molecule has 1 atom stereocenters. The van der Waals surface area contributed by atoms with Crippen LogP contribution in [0.2, 0.25) is 5.02 Å². The Hall–Kier alpha value is -1.38. The Balaban J connectivity index is 2.83. The molecular weight excluding hydrogens is 282 g/mol. The second-order valence-corrected chi connectivity index (χ2v) is 5.30. The van der Waals surface area contributed by atoms with Gasteiger partial charge in [0.25, 0.3) is 0 Å². The topological polar surface area (TPSA) is 56.1 Å². The molecule has 6 heteroatoms. The summed E-state index contributed by atoms with van der Waals surface area (Å²) in [7, 11) is 1.67. The summed E-state index contributed by atoms with van der Waals surface area (Å²) in [6.07, 6.45) is 2.20. The fourth-order valence-corrected chi connectivity index (χ4v) is 2.50. The van der Waals surface area contributed by atoms with E-state index in [4.69, 9.17) is 16.9 Å². The van der Waals surface area contributed by atoms with Gasteiger partial charge in [-0.15, -0.1) is 11.8 Å². The third-order valence-electron chi connectivity index (χ3n) is 2.78. The summed E-state index contributed by atoms with van der Waals surface area (Å²) in [6.45, 7) is 1.83. The smallest absolute Gasteiger partial charge is 0.321 e. The van der Waals surface area contributed by atoms with Crippen LogP contribution >= 0.6 is 23.4 Å². The fraction of sp³-hybridized carbons (Fsp3) is 0.385. The van der Waals surface area contributed by atoms with Gasteiger partial charge in [-0.25, -0.2) is 4.79 Å². The van der Waals surface area contributed by atoms with Crippen LogP contribution in [0, 0.1) is 11.3 Å². The van der Waals surface area contributed by atoms with E-state index in [1.165, 1.54) is 16.7 Å². The molecule has 4 nitrogen and oxygen atoms in total. The second kappa shape index (κ2) is 7.27. The average molecular weight is 298 g/mol. The first kappa shape index (κ1) is 15.7. The van der Waals surface area contributed by atoms with E-state index in [0.29, 0.717) is 17.1 Å². The number of nitriles is 1. The van der Waals surface area contributed by atoms with E-state index in [1.807, 2.05) is 13.2 Å². The third-order valence-corrected chi connectivity index (χ3v) is 4.06. The zero-order valence-electron chi connectivity index (χ0n) is 11.1. The lowest BCUT2D eigenvalue weighted by atomic mass is 10.2. The number of carbonyl (C=O) groups excluding carboxylic acids is 1. The van der Waals surface area contributed by atoms with Gasteiger partial charge in [0.1, 0.15) is 0 Å². The minimum Gasteiger partial charge on any atom is -0.324 e. The van der Waals surface area contributed by atoms with Gasteiger partial charge in [-0.1, -0.05) is 17.7 Å². The number of urea groups is 1. The highest BCUT2D eigenvalue weighted by Crippen LogP contribution is 2.32. The zero-order valence-corrected chi connectivity index (χ0v) is 12.7. The van der Waals surface area contributed by atoms with Gasteiger partial charge < -0.3 is 10.2 Å². The highest BCUT2D eigenvalue weighted by molar-refractivity contribution is 7.98. The van der Waals surface area contributed by atoms with Gasteiger partial charge in [0.15, 0.2) is 0 Å². The first-order valence-electron chi connectivity index (χ1n) is 5.74. The normalized spacial score (nSPS) is 11.5. The van der Waals surface area contributed by atoms with Crippen molar-refractivity contribution in [2.45, 2.75) is 24.3 Å². The summed E-state index contributed by atoms with van der Waals surface area (Å²) in [4.78, 5) is 14.4. The standard InChI is InChI=1S/C13H16ClN3OS/c1-9(7-8-15)17(2)13(18)16-11-6-4-5-10(14)12(11)19-3/h4-6,9H,7H2,1-3H3,(H,16,18)/t9-/m0/s1. The fourth-order valence-electron chi connectivity index (χ4n) is 1.49. The number of carbonyl (C=O) groups is 1. The van der Waals surface area contributed by atoms with Crippen molar-refractivity contribution >= 4 is 35.1 Å². The van der Waals surface area contributed by atoms with Crippen molar-refractivity contribution in [2.75, 3.05) is 18.6 Å². The van der Waals surface area contributed by atoms with E-state index >= 15 is 0 Å². The van der Waals surface area contributed by atoms with Crippen molar-refractivity contribution in [3.8, 4) is 6.07 Å². The molecule has 0 aliphatic rings. The molecule has 0 radical (unpaired) electrons. The minimum atomic E-state index is -0.250. The number of thioether (sulfide) groups is 1. The maximum atomic E-state index is 12.1. The second-order valence-electron chi connectivity index (χ2n) is 4.07. The molecule has 2 amide bonds. The Bertz CT molecular complexity index is 501. The van der Waals surface area contributed by atoms with Crippen LogP contribution in [0.3, 0.4) is 0 Å². The molecule has 1 N–H and O–H groups in total. The quantitative estimate of drug-likeness (QED) is 0.859. The summed E-state index contributed by atoms with van der Waals surface area (Å²) in [5.74, 6) is 0. The molecule has 0 bridgehead atoms. The number of hydrogen-bond acceptors (Lipinski definition) is 3. The lowest BCUT2D eigenvalue weighted by molar-refractivity contribution is 0.208. The summed E-state index contributed by atoms with van der Waals surface area (Å²) in [6, 6.07) is 7.04. The molecule has 0 fully saturated rings. The highest BCUT2D eigenvalue weighted by Gasteiger charge is 2.17. The van der Waals surface area contributed by atoms with Crippen LogP contribution in [-0.4, -0.2) is 30.3 Å². The van der Waals surface area contributed by atoms with E-state index in [1.54, 1.807) is 25.2 Å². The molecule has 0 saturated carbocycles. The monoisotopic (exact) mass is 297 g/mol. The van der Waals surface area contributed by atoms with Crippen molar-refractivity contribution in [2.24, 2.45) is 0 Å². The Morgan fingerprint density at radius 3 is 2.89 bits per heavy atom. The van der Waals surface area contributed by atoms with Gasteiger partial charge in [-0.2, -0.15) is 5.26 Å². The van der Waals surface area contributed by atoms with Crippen LogP contribution in [0.1, 0.15) is 13.3 Å². The molecule has 0 aliphatic heterocycles. The van der Waals surface area contributed by atoms with Crippen LogP contribution in [0.5, 0.6) is 0 Å². The first-order valence-corrected chi connectivity index (χ1v) is 7.34. The number of rotatable bonds is 4. The van der Waals surface area contributed by atoms with Gasteiger partial charge in [0.05, 0.1) is 23.2 Å². The Morgan fingerprint density at radius 1 is 1.63 bits per heavy atom. The largest absolute Gasteiger partial charge is 0.324 e. The highest BCUT2D eigenvalue weighted by atomic mass is 35.5. The third kappa shape index (κ3) is 4.05. The van der Waals surface area contributed by atoms with Crippen LogP contribution in [-0.2, 0) is 0 Å². The maximum Gasteiger partial charge on any atom is 0.321 e. The molecule has 0 heterocycles.